The molecule has 1 aromatic heterocycles. The first-order valence-corrected chi connectivity index (χ1v) is 9.26. The first-order chi connectivity index (χ1) is 10.7. The summed E-state index contributed by atoms with van der Waals surface area (Å²) in [6.07, 6.45) is 6.89. The van der Waals surface area contributed by atoms with E-state index in [1.54, 1.807) is 6.07 Å². The molecule has 1 saturated carbocycles. The largest absolute Gasteiger partial charge is 0.351 e. The molecular formula is C17H24N2O2S. The van der Waals surface area contributed by atoms with Crippen LogP contribution in [0.5, 0.6) is 0 Å². The maximum Gasteiger partial charge on any atom is 0.252 e. The van der Waals surface area contributed by atoms with Gasteiger partial charge in [0, 0.05) is 37.0 Å². The van der Waals surface area contributed by atoms with Crippen LogP contribution >= 0.6 is 11.3 Å². The minimum Gasteiger partial charge on any atom is -0.351 e. The van der Waals surface area contributed by atoms with Crippen molar-refractivity contribution in [2.24, 2.45) is 11.8 Å². The van der Waals surface area contributed by atoms with Gasteiger partial charge in [0.1, 0.15) is 0 Å². The number of likely N-dealkylation sites (tertiary alicyclic amines) is 1. The van der Waals surface area contributed by atoms with Crippen LogP contribution in [0, 0.1) is 11.8 Å². The van der Waals surface area contributed by atoms with E-state index in [9.17, 15) is 9.59 Å². The van der Waals surface area contributed by atoms with Gasteiger partial charge < -0.3 is 10.2 Å². The third kappa shape index (κ3) is 3.69. The molecule has 0 aromatic carbocycles. The Morgan fingerprint density at radius 2 is 2.05 bits per heavy atom. The molecule has 4 nitrogen and oxygen atoms in total. The van der Waals surface area contributed by atoms with E-state index < -0.39 is 0 Å². The molecule has 2 atom stereocenters. The molecule has 1 saturated heterocycles. The lowest BCUT2D eigenvalue weighted by Gasteiger charge is -2.41. The van der Waals surface area contributed by atoms with Crippen molar-refractivity contribution >= 4 is 23.2 Å². The van der Waals surface area contributed by atoms with Gasteiger partial charge in [-0.05, 0) is 36.1 Å². The van der Waals surface area contributed by atoms with Crippen LogP contribution in [0.2, 0.25) is 0 Å². The molecule has 3 rings (SSSR count). The van der Waals surface area contributed by atoms with E-state index in [-0.39, 0.29) is 11.8 Å². The van der Waals surface area contributed by atoms with Gasteiger partial charge in [-0.1, -0.05) is 19.3 Å². The van der Waals surface area contributed by atoms with Gasteiger partial charge in [0.05, 0.1) is 0 Å². The Morgan fingerprint density at radius 3 is 2.82 bits per heavy atom. The quantitative estimate of drug-likeness (QED) is 0.927. The number of thiophene rings is 1. The average Bonchev–Trinajstić information content (AvgIpc) is 3.08. The highest BCUT2D eigenvalue weighted by molar-refractivity contribution is 7.08. The third-order valence-corrected chi connectivity index (χ3v) is 5.73. The molecule has 1 aliphatic carbocycles. The number of amides is 2. The normalized spacial score (nSPS) is 24.6. The smallest absolute Gasteiger partial charge is 0.252 e. The van der Waals surface area contributed by atoms with Gasteiger partial charge in [0.15, 0.2) is 0 Å². The van der Waals surface area contributed by atoms with E-state index in [0.29, 0.717) is 24.4 Å². The molecule has 5 heteroatoms. The van der Waals surface area contributed by atoms with Gasteiger partial charge in [-0.15, -0.1) is 0 Å². The number of fused-ring (bicyclic) bond motifs is 1. The number of nitrogens with zero attached hydrogens (tertiary/aromatic N) is 1. The highest BCUT2D eigenvalue weighted by Crippen LogP contribution is 2.36. The first-order valence-electron chi connectivity index (χ1n) is 8.32. The predicted molar refractivity (Wildman–Crippen MR) is 87.9 cm³/mol. The van der Waals surface area contributed by atoms with Crippen LogP contribution in [0.15, 0.2) is 16.8 Å². The number of nitrogens with one attached hydrogen (secondary N) is 1. The molecule has 22 heavy (non-hydrogen) atoms. The molecule has 1 N–H and O–H groups in total. The summed E-state index contributed by atoms with van der Waals surface area (Å²) >= 11 is 1.50. The van der Waals surface area contributed by atoms with Crippen LogP contribution in [0.25, 0.3) is 0 Å². The Hall–Kier alpha value is -1.36. The summed E-state index contributed by atoms with van der Waals surface area (Å²) in [7, 11) is 0. The predicted octanol–water partition coefficient (Wildman–Crippen LogP) is 2.91. The summed E-state index contributed by atoms with van der Waals surface area (Å²) in [5, 5.41) is 6.54. The van der Waals surface area contributed by atoms with E-state index in [1.165, 1.54) is 37.0 Å². The van der Waals surface area contributed by atoms with Crippen molar-refractivity contribution in [2.75, 3.05) is 19.6 Å². The fourth-order valence-electron chi connectivity index (χ4n) is 3.76. The number of carbonyl (C=O) groups is 2. The summed E-state index contributed by atoms with van der Waals surface area (Å²) in [6, 6.07) is 1.80. The lowest BCUT2D eigenvalue weighted by Crippen LogP contribution is -2.45. The highest BCUT2D eigenvalue weighted by atomic mass is 32.1. The topological polar surface area (TPSA) is 49.4 Å². The minimum absolute atomic E-state index is 0.0833. The van der Waals surface area contributed by atoms with Crippen LogP contribution in [0.1, 0.15) is 48.9 Å². The van der Waals surface area contributed by atoms with Gasteiger partial charge in [0.25, 0.3) is 5.91 Å². The Labute approximate surface area is 135 Å². The zero-order valence-electron chi connectivity index (χ0n) is 12.9. The molecule has 2 aliphatic rings. The second kappa shape index (κ2) is 7.27. The molecule has 1 aliphatic heterocycles. The van der Waals surface area contributed by atoms with Crippen LogP contribution < -0.4 is 5.32 Å². The molecule has 0 bridgehead atoms. The zero-order valence-corrected chi connectivity index (χ0v) is 13.7. The fourth-order valence-corrected chi connectivity index (χ4v) is 4.40. The van der Waals surface area contributed by atoms with Crippen molar-refractivity contribution < 1.29 is 9.59 Å². The van der Waals surface area contributed by atoms with Gasteiger partial charge in [0.2, 0.25) is 5.91 Å². The van der Waals surface area contributed by atoms with Crippen LogP contribution in [0.3, 0.4) is 0 Å². The Morgan fingerprint density at radius 1 is 1.23 bits per heavy atom. The average molecular weight is 320 g/mol. The molecule has 2 fully saturated rings. The SMILES string of the molecule is O=C(NCCC(=O)N1CCC2CCCCC2C1)c1ccsc1. The minimum atomic E-state index is -0.0833. The Kier molecular flexibility index (Phi) is 5.13. The van der Waals surface area contributed by atoms with E-state index in [4.69, 9.17) is 0 Å². The monoisotopic (exact) mass is 320 g/mol. The summed E-state index contributed by atoms with van der Waals surface area (Å²) in [5.41, 5.74) is 0.681. The van der Waals surface area contributed by atoms with E-state index in [0.717, 1.165) is 25.4 Å². The molecule has 0 spiro atoms. The second-order valence-corrected chi connectivity index (χ2v) is 7.23. The lowest BCUT2D eigenvalue weighted by molar-refractivity contribution is -0.134. The summed E-state index contributed by atoms with van der Waals surface area (Å²) in [6.45, 7) is 2.26. The number of rotatable bonds is 4. The Balaban J connectivity index is 1.41. The van der Waals surface area contributed by atoms with Gasteiger partial charge in [-0.25, -0.2) is 0 Å². The maximum absolute atomic E-state index is 12.3. The van der Waals surface area contributed by atoms with E-state index in [1.807, 2.05) is 15.7 Å². The van der Waals surface area contributed by atoms with Crippen LogP contribution in [0.4, 0.5) is 0 Å². The second-order valence-electron chi connectivity index (χ2n) is 6.45. The van der Waals surface area contributed by atoms with Crippen LogP contribution in [-0.4, -0.2) is 36.3 Å². The molecule has 2 unspecified atom stereocenters. The van der Waals surface area contributed by atoms with Crippen molar-refractivity contribution in [1.82, 2.24) is 10.2 Å². The molecular weight excluding hydrogens is 296 g/mol. The van der Waals surface area contributed by atoms with Gasteiger partial charge >= 0.3 is 0 Å². The van der Waals surface area contributed by atoms with Crippen molar-refractivity contribution in [3.8, 4) is 0 Å². The summed E-state index contributed by atoms with van der Waals surface area (Å²) in [4.78, 5) is 26.2. The summed E-state index contributed by atoms with van der Waals surface area (Å²) in [5.74, 6) is 1.66. The number of piperidine rings is 1. The number of hydrogen-bond acceptors (Lipinski definition) is 3. The number of hydrogen-bond donors (Lipinski definition) is 1. The molecule has 1 aromatic rings. The Bertz CT molecular complexity index is 515. The molecule has 120 valence electrons. The van der Waals surface area contributed by atoms with Crippen molar-refractivity contribution in [2.45, 2.75) is 38.5 Å². The fraction of sp³-hybridized carbons (Fsp3) is 0.647. The zero-order chi connectivity index (χ0) is 15.4. The van der Waals surface area contributed by atoms with Crippen molar-refractivity contribution in [1.29, 1.82) is 0 Å². The first kappa shape index (κ1) is 15.5. The lowest BCUT2D eigenvalue weighted by atomic mass is 9.75. The summed E-state index contributed by atoms with van der Waals surface area (Å²) < 4.78 is 0. The van der Waals surface area contributed by atoms with Gasteiger partial charge in [-0.2, -0.15) is 11.3 Å². The van der Waals surface area contributed by atoms with E-state index >= 15 is 0 Å². The number of carbonyl (C=O) groups excluding carboxylic acids is 2. The molecule has 0 radical (unpaired) electrons. The maximum atomic E-state index is 12.3. The highest BCUT2D eigenvalue weighted by Gasteiger charge is 2.32. The third-order valence-electron chi connectivity index (χ3n) is 5.05. The molecule has 2 heterocycles. The molecule has 2 amide bonds. The van der Waals surface area contributed by atoms with Crippen molar-refractivity contribution in [3.05, 3.63) is 22.4 Å². The van der Waals surface area contributed by atoms with Crippen LogP contribution in [-0.2, 0) is 4.79 Å². The standard InChI is InChI=1S/C17H24N2O2S/c20-16(5-8-18-17(21)15-7-10-22-12-15)19-9-6-13-3-1-2-4-14(13)11-19/h7,10,12-14H,1-6,8-9,11H2,(H,18,21). The van der Waals surface area contributed by atoms with E-state index in [2.05, 4.69) is 5.32 Å². The van der Waals surface area contributed by atoms with Gasteiger partial charge in [-0.3, -0.25) is 9.59 Å². The van der Waals surface area contributed by atoms with Crippen molar-refractivity contribution in [3.63, 3.8) is 0 Å².